The average molecular weight is 518 g/mol. The van der Waals surface area contributed by atoms with Crippen molar-refractivity contribution in [2.24, 2.45) is 0 Å². The van der Waals surface area contributed by atoms with Crippen LogP contribution in [0.15, 0.2) is 30.5 Å². The summed E-state index contributed by atoms with van der Waals surface area (Å²) in [5, 5.41) is 11.3. The molecule has 4 rings (SSSR count). The molecular weight excluding hydrogens is 478 g/mol. The highest BCUT2D eigenvalue weighted by Crippen LogP contribution is 2.31. The van der Waals surface area contributed by atoms with E-state index in [-0.39, 0.29) is 5.60 Å². The van der Waals surface area contributed by atoms with Crippen LogP contribution >= 0.6 is 11.6 Å². The maximum Gasteiger partial charge on any atom is 0.126 e. The summed E-state index contributed by atoms with van der Waals surface area (Å²) in [5.74, 6) is 1.63. The fourth-order valence-electron chi connectivity index (χ4n) is 5.16. The summed E-state index contributed by atoms with van der Waals surface area (Å²) in [6, 6.07) is 9.27. The molecule has 0 radical (unpaired) electrons. The van der Waals surface area contributed by atoms with Crippen molar-refractivity contribution in [3.63, 3.8) is 0 Å². The molecule has 1 aliphatic heterocycles. The second-order valence-corrected chi connectivity index (χ2v) is 10.4. The van der Waals surface area contributed by atoms with Gasteiger partial charge in [0, 0.05) is 76.7 Å². The summed E-state index contributed by atoms with van der Waals surface area (Å²) in [4.78, 5) is 9.38. The van der Waals surface area contributed by atoms with Crippen LogP contribution in [0, 0.1) is 0 Å². The maximum atomic E-state index is 6.56. The van der Waals surface area contributed by atoms with E-state index >= 15 is 0 Å². The lowest BCUT2D eigenvalue weighted by atomic mass is 9.90. The van der Waals surface area contributed by atoms with Gasteiger partial charge in [0.1, 0.15) is 11.6 Å². The molecule has 1 saturated heterocycles. The number of nitrogens with zero attached hydrogens (tertiary/aromatic N) is 2. The van der Waals surface area contributed by atoms with Crippen molar-refractivity contribution in [2.45, 2.75) is 69.2 Å². The minimum atomic E-state index is -0.225. The van der Waals surface area contributed by atoms with Gasteiger partial charge in [0.2, 0.25) is 0 Å². The van der Waals surface area contributed by atoms with E-state index in [9.17, 15) is 0 Å². The molecule has 198 valence electrons. The van der Waals surface area contributed by atoms with Gasteiger partial charge in [-0.3, -0.25) is 0 Å². The largest absolute Gasteiger partial charge is 0.383 e. The highest BCUT2D eigenvalue weighted by molar-refractivity contribution is 6.33. The predicted molar refractivity (Wildman–Crippen MR) is 145 cm³/mol. The van der Waals surface area contributed by atoms with Crippen molar-refractivity contribution in [3.8, 4) is 11.3 Å². The number of nitrogens with one attached hydrogen (secondary N) is 3. The molecule has 2 aromatic rings. The van der Waals surface area contributed by atoms with E-state index in [0.29, 0.717) is 29.7 Å². The first-order valence-electron chi connectivity index (χ1n) is 13.0. The van der Waals surface area contributed by atoms with E-state index in [1.807, 2.05) is 24.3 Å². The van der Waals surface area contributed by atoms with Gasteiger partial charge in [-0.05, 0) is 50.8 Å². The van der Waals surface area contributed by atoms with Crippen molar-refractivity contribution in [3.05, 3.63) is 35.5 Å². The molecular formula is C27H40ClN5O3. The monoisotopic (exact) mass is 517 g/mol. The quantitative estimate of drug-likeness (QED) is 0.393. The highest BCUT2D eigenvalue weighted by Gasteiger charge is 2.32. The predicted octanol–water partition coefficient (Wildman–Crippen LogP) is 4.75. The smallest absolute Gasteiger partial charge is 0.126 e. The lowest BCUT2D eigenvalue weighted by molar-refractivity contribution is -0.0807. The van der Waals surface area contributed by atoms with Gasteiger partial charge in [-0.15, -0.1) is 0 Å². The molecule has 2 aromatic heterocycles. The molecule has 0 unspecified atom stereocenters. The zero-order valence-corrected chi connectivity index (χ0v) is 22.4. The molecule has 3 N–H and O–H groups in total. The Morgan fingerprint density at radius 1 is 1.11 bits per heavy atom. The number of pyridine rings is 2. The van der Waals surface area contributed by atoms with Crippen LogP contribution in [0.1, 0.15) is 45.4 Å². The fraction of sp³-hybridized carbons (Fsp3) is 0.630. The Morgan fingerprint density at radius 2 is 1.86 bits per heavy atom. The molecule has 0 spiro atoms. The molecule has 0 aromatic carbocycles. The van der Waals surface area contributed by atoms with E-state index in [1.54, 1.807) is 20.4 Å². The molecule has 1 saturated carbocycles. The average Bonchev–Trinajstić information content (AvgIpc) is 2.90. The number of hydrogen-bond donors (Lipinski definition) is 3. The summed E-state index contributed by atoms with van der Waals surface area (Å²) in [6.07, 6.45) is 7.91. The van der Waals surface area contributed by atoms with Crippen LogP contribution in [0.4, 0.5) is 11.6 Å². The molecule has 3 heterocycles. The van der Waals surface area contributed by atoms with Gasteiger partial charge in [0.05, 0.1) is 22.9 Å². The van der Waals surface area contributed by atoms with Crippen LogP contribution in [0.5, 0.6) is 0 Å². The summed E-state index contributed by atoms with van der Waals surface area (Å²) >= 11 is 6.56. The van der Waals surface area contributed by atoms with Gasteiger partial charge in [0.15, 0.2) is 0 Å². The lowest BCUT2D eigenvalue weighted by Gasteiger charge is -2.36. The normalized spacial score (nSPS) is 22.7. The molecule has 8 nitrogen and oxygen atoms in total. The first-order valence-corrected chi connectivity index (χ1v) is 13.4. The number of anilines is 2. The van der Waals surface area contributed by atoms with Crippen molar-refractivity contribution < 1.29 is 14.2 Å². The molecule has 0 amide bonds. The highest BCUT2D eigenvalue weighted by atomic mass is 35.5. The minimum Gasteiger partial charge on any atom is -0.383 e. The molecule has 2 fully saturated rings. The van der Waals surface area contributed by atoms with Crippen molar-refractivity contribution in [1.29, 1.82) is 0 Å². The van der Waals surface area contributed by atoms with Crippen LogP contribution in [0.2, 0.25) is 5.02 Å². The van der Waals surface area contributed by atoms with Gasteiger partial charge in [-0.1, -0.05) is 17.7 Å². The second-order valence-electron chi connectivity index (χ2n) is 10.0. The number of halogens is 1. The molecule has 0 bridgehead atoms. The number of ether oxygens (including phenoxy) is 3. The molecule has 2 aliphatic rings. The third-order valence-corrected chi connectivity index (χ3v) is 7.63. The van der Waals surface area contributed by atoms with E-state index in [4.69, 9.17) is 30.8 Å². The van der Waals surface area contributed by atoms with Gasteiger partial charge in [-0.25, -0.2) is 9.97 Å². The van der Waals surface area contributed by atoms with Crippen LogP contribution in [-0.4, -0.2) is 74.3 Å². The van der Waals surface area contributed by atoms with Crippen LogP contribution in [0.25, 0.3) is 11.3 Å². The van der Waals surface area contributed by atoms with Crippen LogP contribution in [0.3, 0.4) is 0 Å². The number of aromatic nitrogens is 2. The topological polar surface area (TPSA) is 89.6 Å². The third-order valence-electron chi connectivity index (χ3n) is 7.33. The Kier molecular flexibility index (Phi) is 9.79. The Morgan fingerprint density at radius 3 is 2.58 bits per heavy atom. The standard InChI is InChI=1S/C27H40ClN5O3/c1-19(17-34-2)31-20-7-9-21(10-8-20)32-26-15-22(23(28)16-29-26)24-5-4-6-25(33-24)30-18-27(35-3)11-13-36-14-12-27/h4-6,15-16,19-21,31H,7-14,17-18H2,1-3H3,(H,29,32)(H,30,33)/t19-,20?,21?/m1/s1. The fourth-order valence-corrected chi connectivity index (χ4v) is 5.36. The summed E-state index contributed by atoms with van der Waals surface area (Å²) in [6.45, 7) is 5.03. The summed E-state index contributed by atoms with van der Waals surface area (Å²) in [7, 11) is 3.52. The third kappa shape index (κ3) is 7.29. The Hall–Kier alpha value is -1.97. The molecule has 9 heteroatoms. The van der Waals surface area contributed by atoms with E-state index in [2.05, 4.69) is 27.9 Å². The Labute approximate surface area is 219 Å². The number of methoxy groups -OCH3 is 2. The molecule has 36 heavy (non-hydrogen) atoms. The van der Waals surface area contributed by atoms with Crippen LogP contribution in [-0.2, 0) is 14.2 Å². The Bertz CT molecular complexity index is 964. The lowest BCUT2D eigenvalue weighted by Crippen LogP contribution is -2.44. The zero-order chi connectivity index (χ0) is 25.4. The van der Waals surface area contributed by atoms with E-state index in [1.165, 1.54) is 0 Å². The van der Waals surface area contributed by atoms with Crippen molar-refractivity contribution in [1.82, 2.24) is 15.3 Å². The van der Waals surface area contributed by atoms with E-state index < -0.39 is 0 Å². The SMILES string of the molecule is COC[C@@H](C)NC1CCC(Nc2cc(-c3cccc(NCC4(OC)CCOCC4)n3)c(Cl)cn2)CC1. The van der Waals surface area contributed by atoms with E-state index in [0.717, 1.165) is 81.2 Å². The summed E-state index contributed by atoms with van der Waals surface area (Å²) < 4.78 is 16.6. The number of rotatable bonds is 11. The zero-order valence-electron chi connectivity index (χ0n) is 21.7. The Balaban J connectivity index is 1.37. The van der Waals surface area contributed by atoms with Crippen molar-refractivity contribution >= 4 is 23.2 Å². The minimum absolute atomic E-state index is 0.225. The molecule has 1 atom stereocenters. The maximum absolute atomic E-state index is 6.56. The van der Waals surface area contributed by atoms with Gasteiger partial charge >= 0.3 is 0 Å². The molecule has 1 aliphatic carbocycles. The van der Waals surface area contributed by atoms with Crippen LogP contribution < -0.4 is 16.0 Å². The first kappa shape index (κ1) is 27.1. The van der Waals surface area contributed by atoms with Gasteiger partial charge in [-0.2, -0.15) is 0 Å². The first-order chi connectivity index (χ1) is 17.5. The number of hydrogen-bond acceptors (Lipinski definition) is 8. The summed E-state index contributed by atoms with van der Waals surface area (Å²) in [5.41, 5.74) is 1.46. The van der Waals surface area contributed by atoms with Gasteiger partial charge in [0.25, 0.3) is 0 Å². The second kappa shape index (κ2) is 13.0. The van der Waals surface area contributed by atoms with Gasteiger partial charge < -0.3 is 30.2 Å². The van der Waals surface area contributed by atoms with Crippen molar-refractivity contribution in [2.75, 3.05) is 51.2 Å².